The first kappa shape index (κ1) is 12.5. The molecular formula is C16H14N4S. The summed E-state index contributed by atoms with van der Waals surface area (Å²) in [7, 11) is 0. The quantitative estimate of drug-likeness (QED) is 0.561. The summed E-state index contributed by atoms with van der Waals surface area (Å²) in [6.07, 6.45) is 7.86. The van der Waals surface area contributed by atoms with Gasteiger partial charge in [-0.15, -0.1) is 0 Å². The molecule has 0 spiro atoms. The lowest BCUT2D eigenvalue weighted by Gasteiger charge is -2.13. The Morgan fingerprint density at radius 1 is 1.19 bits per heavy atom. The van der Waals surface area contributed by atoms with Crippen LogP contribution in [0, 0.1) is 0 Å². The minimum absolute atomic E-state index is 0.541. The van der Waals surface area contributed by atoms with Gasteiger partial charge in [0.25, 0.3) is 0 Å². The van der Waals surface area contributed by atoms with Crippen LogP contribution >= 0.6 is 12.2 Å². The highest BCUT2D eigenvalue weighted by atomic mass is 32.1. The van der Waals surface area contributed by atoms with Gasteiger partial charge in [0.15, 0.2) is 5.11 Å². The summed E-state index contributed by atoms with van der Waals surface area (Å²) < 4.78 is 0. The number of thiocarbonyl (C=S) groups is 1. The third-order valence-electron chi connectivity index (χ3n) is 3.67. The summed E-state index contributed by atoms with van der Waals surface area (Å²) in [6, 6.07) is 8.62. The van der Waals surface area contributed by atoms with E-state index in [1.807, 2.05) is 18.3 Å². The van der Waals surface area contributed by atoms with Crippen LogP contribution in [0.3, 0.4) is 0 Å². The SMILES string of the molecule is S=C(Nc1cc2ccncc2c2ncccc12)NC1CC1. The first-order valence-corrected chi connectivity index (χ1v) is 7.41. The Labute approximate surface area is 127 Å². The third kappa shape index (κ3) is 2.40. The number of nitrogens with zero attached hydrogens (tertiary/aromatic N) is 2. The molecule has 1 fully saturated rings. The van der Waals surface area contributed by atoms with Crippen molar-refractivity contribution in [1.29, 1.82) is 0 Å². The van der Waals surface area contributed by atoms with Crippen LogP contribution in [0.15, 0.2) is 42.9 Å². The van der Waals surface area contributed by atoms with E-state index in [0.29, 0.717) is 11.2 Å². The van der Waals surface area contributed by atoms with Crippen LogP contribution in [0.4, 0.5) is 5.69 Å². The summed E-state index contributed by atoms with van der Waals surface area (Å²) in [6.45, 7) is 0. The second-order valence-corrected chi connectivity index (χ2v) is 5.70. The molecule has 4 rings (SSSR count). The molecule has 4 nitrogen and oxygen atoms in total. The van der Waals surface area contributed by atoms with Crippen molar-refractivity contribution in [2.24, 2.45) is 0 Å². The molecule has 5 heteroatoms. The number of aromatic nitrogens is 2. The van der Waals surface area contributed by atoms with Gasteiger partial charge in [0.2, 0.25) is 0 Å². The van der Waals surface area contributed by atoms with Crippen molar-refractivity contribution in [1.82, 2.24) is 15.3 Å². The van der Waals surface area contributed by atoms with Crippen LogP contribution < -0.4 is 10.6 Å². The lowest BCUT2D eigenvalue weighted by molar-refractivity contribution is 0.919. The van der Waals surface area contributed by atoms with Gasteiger partial charge in [-0.3, -0.25) is 9.97 Å². The standard InChI is InChI=1S/C16H14N4S/c21-16(19-11-3-4-11)20-14-8-10-5-7-17-9-13(10)15-12(14)2-1-6-18-15/h1-2,5-9,11H,3-4H2,(H2,19,20,21). The fourth-order valence-electron chi connectivity index (χ4n) is 2.47. The molecule has 0 radical (unpaired) electrons. The highest BCUT2D eigenvalue weighted by Gasteiger charge is 2.22. The number of pyridine rings is 2. The van der Waals surface area contributed by atoms with E-state index in [4.69, 9.17) is 12.2 Å². The monoisotopic (exact) mass is 294 g/mol. The Hall–Kier alpha value is -2.27. The molecule has 0 amide bonds. The zero-order chi connectivity index (χ0) is 14.2. The molecule has 3 aromatic rings. The van der Waals surface area contributed by atoms with Gasteiger partial charge in [-0.25, -0.2) is 0 Å². The number of fused-ring (bicyclic) bond motifs is 3. The largest absolute Gasteiger partial charge is 0.360 e. The molecule has 1 aliphatic carbocycles. The third-order valence-corrected chi connectivity index (χ3v) is 3.89. The van der Waals surface area contributed by atoms with Crippen molar-refractivity contribution in [2.45, 2.75) is 18.9 Å². The highest BCUT2D eigenvalue weighted by molar-refractivity contribution is 7.80. The second kappa shape index (κ2) is 4.93. The molecule has 0 aliphatic heterocycles. The number of rotatable bonds is 2. The van der Waals surface area contributed by atoms with Crippen molar-refractivity contribution in [3.8, 4) is 0 Å². The minimum Gasteiger partial charge on any atom is -0.360 e. The number of anilines is 1. The van der Waals surface area contributed by atoms with Gasteiger partial charge >= 0.3 is 0 Å². The maximum atomic E-state index is 5.38. The first-order chi connectivity index (χ1) is 10.3. The Balaban J connectivity index is 1.83. The molecule has 0 unspecified atom stereocenters. The summed E-state index contributed by atoms with van der Waals surface area (Å²) in [5.74, 6) is 0. The van der Waals surface area contributed by atoms with Crippen LogP contribution in [0.25, 0.3) is 21.7 Å². The zero-order valence-electron chi connectivity index (χ0n) is 11.3. The van der Waals surface area contributed by atoms with Crippen molar-refractivity contribution in [3.05, 3.63) is 42.9 Å². The highest BCUT2D eigenvalue weighted by Crippen LogP contribution is 2.30. The Bertz CT molecular complexity index is 842. The molecule has 1 saturated carbocycles. The van der Waals surface area contributed by atoms with Crippen molar-refractivity contribution in [3.63, 3.8) is 0 Å². The van der Waals surface area contributed by atoms with Crippen molar-refractivity contribution >= 4 is 44.7 Å². The number of benzene rings is 1. The molecular weight excluding hydrogens is 280 g/mol. The minimum atomic E-state index is 0.541. The lowest BCUT2D eigenvalue weighted by atomic mass is 10.1. The predicted molar refractivity (Wildman–Crippen MR) is 89.4 cm³/mol. The van der Waals surface area contributed by atoms with Gasteiger partial charge in [0.1, 0.15) is 0 Å². The van der Waals surface area contributed by atoms with E-state index in [9.17, 15) is 0 Å². The molecule has 2 aromatic heterocycles. The van der Waals surface area contributed by atoms with Crippen LogP contribution in [0.5, 0.6) is 0 Å². The van der Waals surface area contributed by atoms with Crippen molar-refractivity contribution in [2.75, 3.05) is 5.32 Å². The van der Waals surface area contributed by atoms with Gasteiger partial charge in [-0.1, -0.05) is 0 Å². The van der Waals surface area contributed by atoms with Gasteiger partial charge in [0, 0.05) is 35.4 Å². The molecule has 21 heavy (non-hydrogen) atoms. The van der Waals surface area contributed by atoms with E-state index >= 15 is 0 Å². The van der Waals surface area contributed by atoms with E-state index in [-0.39, 0.29) is 0 Å². The van der Waals surface area contributed by atoms with Crippen LogP contribution in [0.1, 0.15) is 12.8 Å². The fourth-order valence-corrected chi connectivity index (χ4v) is 2.75. The summed E-state index contributed by atoms with van der Waals surface area (Å²) in [5, 5.41) is 10.5. The molecule has 0 saturated heterocycles. The smallest absolute Gasteiger partial charge is 0.171 e. The van der Waals surface area contributed by atoms with Crippen LogP contribution in [-0.2, 0) is 0 Å². The second-order valence-electron chi connectivity index (χ2n) is 5.29. The van der Waals surface area contributed by atoms with Crippen molar-refractivity contribution < 1.29 is 0 Å². The topological polar surface area (TPSA) is 49.8 Å². The molecule has 2 heterocycles. The Kier molecular flexibility index (Phi) is 2.93. The van der Waals surface area contributed by atoms with E-state index in [1.165, 1.54) is 12.8 Å². The Morgan fingerprint density at radius 3 is 2.95 bits per heavy atom. The maximum absolute atomic E-state index is 5.38. The Morgan fingerprint density at radius 2 is 2.10 bits per heavy atom. The van der Waals surface area contributed by atoms with E-state index in [2.05, 4.69) is 32.7 Å². The number of hydrogen-bond acceptors (Lipinski definition) is 3. The van der Waals surface area contributed by atoms with Gasteiger partial charge in [-0.05, 0) is 54.7 Å². The normalized spacial score (nSPS) is 14.3. The van der Waals surface area contributed by atoms with E-state index in [1.54, 1.807) is 12.4 Å². The van der Waals surface area contributed by atoms with Gasteiger partial charge < -0.3 is 10.6 Å². The summed E-state index contributed by atoms with van der Waals surface area (Å²) in [5.41, 5.74) is 1.93. The number of hydrogen-bond donors (Lipinski definition) is 2. The summed E-state index contributed by atoms with van der Waals surface area (Å²) in [4.78, 5) is 8.71. The predicted octanol–water partition coefficient (Wildman–Crippen LogP) is 3.23. The molecule has 0 atom stereocenters. The maximum Gasteiger partial charge on any atom is 0.171 e. The lowest BCUT2D eigenvalue weighted by Crippen LogP contribution is -2.30. The number of nitrogens with one attached hydrogen (secondary N) is 2. The van der Waals surface area contributed by atoms with E-state index < -0.39 is 0 Å². The van der Waals surface area contributed by atoms with Crippen LogP contribution in [-0.4, -0.2) is 21.1 Å². The van der Waals surface area contributed by atoms with Gasteiger partial charge in [-0.2, -0.15) is 0 Å². The first-order valence-electron chi connectivity index (χ1n) is 7.00. The van der Waals surface area contributed by atoms with Gasteiger partial charge in [0.05, 0.1) is 11.2 Å². The average molecular weight is 294 g/mol. The fraction of sp³-hybridized carbons (Fsp3) is 0.188. The molecule has 104 valence electrons. The zero-order valence-corrected chi connectivity index (χ0v) is 12.2. The average Bonchev–Trinajstić information content (AvgIpc) is 3.31. The molecule has 0 bridgehead atoms. The van der Waals surface area contributed by atoms with Crippen LogP contribution in [0.2, 0.25) is 0 Å². The molecule has 1 aliphatic rings. The summed E-state index contributed by atoms with van der Waals surface area (Å²) >= 11 is 5.38. The van der Waals surface area contributed by atoms with E-state index in [0.717, 1.165) is 27.4 Å². The molecule has 1 aromatic carbocycles. The molecule has 2 N–H and O–H groups in total.